The van der Waals surface area contributed by atoms with Crippen LogP contribution in [0.1, 0.15) is 42.6 Å². The molecule has 3 rings (SSSR count). The van der Waals surface area contributed by atoms with Gasteiger partial charge >= 0.3 is 0 Å². The fraction of sp³-hybridized carbons (Fsp3) is 0.706. The number of carbonyl (C=O) groups excluding carboxylic acids is 1. The Morgan fingerprint density at radius 2 is 1.83 bits per heavy atom. The maximum atomic E-state index is 12.5. The lowest BCUT2D eigenvalue weighted by Crippen LogP contribution is -2.50. The van der Waals surface area contributed by atoms with E-state index in [0.717, 1.165) is 32.1 Å². The van der Waals surface area contributed by atoms with Crippen molar-refractivity contribution in [2.45, 2.75) is 32.1 Å². The van der Waals surface area contributed by atoms with Gasteiger partial charge in [-0.15, -0.1) is 0 Å². The van der Waals surface area contributed by atoms with Gasteiger partial charge < -0.3 is 4.90 Å². The van der Waals surface area contributed by atoms with Crippen LogP contribution >= 0.6 is 0 Å². The molecule has 0 N–H and O–H groups in total. The molecule has 0 atom stereocenters. The van der Waals surface area contributed by atoms with Crippen molar-refractivity contribution in [2.75, 3.05) is 32.7 Å². The second-order valence-electron chi connectivity index (χ2n) is 6.78. The summed E-state index contributed by atoms with van der Waals surface area (Å²) < 4.78 is 1.21. The van der Waals surface area contributed by atoms with Gasteiger partial charge in [-0.2, -0.15) is 5.10 Å². The standard InChI is InChI=1S/C17H26N4O2/c1-19-16(22)8-7-15(18-19)17(23)21-11-9-20(10-12-21)13-14-5-3-2-4-6-14/h7-8,14H,2-6,9-13H2,1H3. The van der Waals surface area contributed by atoms with Crippen molar-refractivity contribution in [3.63, 3.8) is 0 Å². The molecule has 126 valence electrons. The summed E-state index contributed by atoms with van der Waals surface area (Å²) in [6.45, 7) is 4.55. The second-order valence-corrected chi connectivity index (χ2v) is 6.78. The van der Waals surface area contributed by atoms with Crippen molar-refractivity contribution in [1.29, 1.82) is 0 Å². The van der Waals surface area contributed by atoms with E-state index in [-0.39, 0.29) is 11.5 Å². The average molecular weight is 318 g/mol. The summed E-state index contributed by atoms with van der Waals surface area (Å²) in [6.07, 6.45) is 6.87. The first-order valence-electron chi connectivity index (χ1n) is 8.69. The van der Waals surface area contributed by atoms with Crippen molar-refractivity contribution in [3.8, 4) is 0 Å². The van der Waals surface area contributed by atoms with Crippen molar-refractivity contribution in [1.82, 2.24) is 19.6 Å². The third kappa shape index (κ3) is 3.99. The molecule has 23 heavy (non-hydrogen) atoms. The molecule has 1 aliphatic heterocycles. The number of amides is 1. The summed E-state index contributed by atoms with van der Waals surface area (Å²) >= 11 is 0. The first-order chi connectivity index (χ1) is 11.1. The molecule has 1 saturated carbocycles. The molecular formula is C17H26N4O2. The van der Waals surface area contributed by atoms with Crippen molar-refractivity contribution < 1.29 is 4.79 Å². The third-order valence-electron chi connectivity index (χ3n) is 5.08. The van der Waals surface area contributed by atoms with Gasteiger partial charge in [0, 0.05) is 45.8 Å². The predicted octanol–water partition coefficient (Wildman–Crippen LogP) is 1.12. The molecule has 1 aromatic rings. The summed E-state index contributed by atoms with van der Waals surface area (Å²) in [5.41, 5.74) is 0.159. The molecular weight excluding hydrogens is 292 g/mol. The lowest BCUT2D eigenvalue weighted by atomic mass is 9.89. The van der Waals surface area contributed by atoms with Crippen LogP contribution in [0.5, 0.6) is 0 Å². The minimum Gasteiger partial charge on any atom is -0.335 e. The van der Waals surface area contributed by atoms with E-state index in [0.29, 0.717) is 5.69 Å². The molecule has 2 heterocycles. The SMILES string of the molecule is Cn1nc(C(=O)N2CCN(CC3CCCCC3)CC2)ccc1=O. The highest BCUT2D eigenvalue weighted by molar-refractivity contribution is 5.92. The lowest BCUT2D eigenvalue weighted by Gasteiger charge is -2.37. The molecule has 0 radical (unpaired) electrons. The molecule has 1 aliphatic carbocycles. The first-order valence-corrected chi connectivity index (χ1v) is 8.69. The first kappa shape index (κ1) is 16.2. The Morgan fingerprint density at radius 1 is 1.13 bits per heavy atom. The van der Waals surface area contributed by atoms with Gasteiger partial charge in [-0.1, -0.05) is 19.3 Å². The zero-order valence-electron chi connectivity index (χ0n) is 13.9. The minimum atomic E-state index is -0.196. The van der Waals surface area contributed by atoms with Gasteiger partial charge in [0.2, 0.25) is 0 Å². The predicted molar refractivity (Wildman–Crippen MR) is 88.4 cm³/mol. The molecule has 6 nitrogen and oxygen atoms in total. The monoisotopic (exact) mass is 318 g/mol. The molecule has 0 aromatic carbocycles. The Hall–Kier alpha value is -1.69. The Morgan fingerprint density at radius 3 is 2.48 bits per heavy atom. The normalized spacial score (nSPS) is 20.7. The highest BCUT2D eigenvalue weighted by Gasteiger charge is 2.25. The maximum Gasteiger partial charge on any atom is 0.274 e. The van der Waals surface area contributed by atoms with Crippen LogP contribution in [0, 0.1) is 5.92 Å². The molecule has 6 heteroatoms. The van der Waals surface area contributed by atoms with E-state index in [1.165, 1.54) is 55.5 Å². The topological polar surface area (TPSA) is 58.4 Å². The van der Waals surface area contributed by atoms with Gasteiger partial charge in [-0.25, -0.2) is 4.68 Å². The Labute approximate surface area is 137 Å². The van der Waals surface area contributed by atoms with Crippen LogP contribution in [-0.2, 0) is 7.05 Å². The Kier molecular flexibility index (Phi) is 5.10. The van der Waals surface area contributed by atoms with Gasteiger partial charge in [0.15, 0.2) is 0 Å². The summed E-state index contributed by atoms with van der Waals surface area (Å²) in [7, 11) is 1.57. The van der Waals surface area contributed by atoms with Crippen LogP contribution < -0.4 is 5.56 Å². The number of rotatable bonds is 3. The number of hydrogen-bond acceptors (Lipinski definition) is 4. The van der Waals surface area contributed by atoms with E-state index in [4.69, 9.17) is 0 Å². The van der Waals surface area contributed by atoms with Crippen molar-refractivity contribution in [2.24, 2.45) is 13.0 Å². The lowest BCUT2D eigenvalue weighted by molar-refractivity contribution is 0.0598. The van der Waals surface area contributed by atoms with E-state index in [9.17, 15) is 9.59 Å². The zero-order chi connectivity index (χ0) is 16.2. The highest BCUT2D eigenvalue weighted by Crippen LogP contribution is 2.24. The van der Waals surface area contributed by atoms with E-state index >= 15 is 0 Å². The van der Waals surface area contributed by atoms with Crippen LogP contribution in [0.15, 0.2) is 16.9 Å². The van der Waals surface area contributed by atoms with Gasteiger partial charge in [0.1, 0.15) is 5.69 Å². The van der Waals surface area contributed by atoms with Gasteiger partial charge in [0.05, 0.1) is 0 Å². The van der Waals surface area contributed by atoms with Gasteiger partial charge in [-0.05, 0) is 24.8 Å². The maximum absolute atomic E-state index is 12.5. The molecule has 2 aliphatic rings. The molecule has 1 aromatic heterocycles. The Bertz CT molecular complexity index is 599. The van der Waals surface area contributed by atoms with Gasteiger partial charge in [-0.3, -0.25) is 14.5 Å². The molecule has 1 saturated heterocycles. The Balaban J connectivity index is 1.52. The highest BCUT2D eigenvalue weighted by atomic mass is 16.2. The zero-order valence-corrected chi connectivity index (χ0v) is 13.9. The van der Waals surface area contributed by atoms with Crippen LogP contribution in [0.25, 0.3) is 0 Å². The molecule has 0 spiro atoms. The third-order valence-corrected chi connectivity index (χ3v) is 5.08. The van der Waals surface area contributed by atoms with Crippen LogP contribution in [0.3, 0.4) is 0 Å². The summed E-state index contributed by atoms with van der Waals surface area (Å²) in [4.78, 5) is 28.2. The molecule has 0 bridgehead atoms. The fourth-order valence-corrected chi connectivity index (χ4v) is 3.65. The van der Waals surface area contributed by atoms with E-state index in [1.807, 2.05) is 4.90 Å². The number of aromatic nitrogens is 2. The number of piperazine rings is 1. The van der Waals surface area contributed by atoms with Crippen LogP contribution in [0.2, 0.25) is 0 Å². The quantitative estimate of drug-likeness (QED) is 0.838. The smallest absolute Gasteiger partial charge is 0.274 e. The number of aryl methyl sites for hydroxylation is 1. The van der Waals surface area contributed by atoms with Crippen molar-refractivity contribution in [3.05, 3.63) is 28.2 Å². The van der Waals surface area contributed by atoms with Crippen molar-refractivity contribution >= 4 is 5.91 Å². The largest absolute Gasteiger partial charge is 0.335 e. The van der Waals surface area contributed by atoms with E-state index < -0.39 is 0 Å². The summed E-state index contributed by atoms with van der Waals surface area (Å²) in [6, 6.07) is 2.93. The van der Waals surface area contributed by atoms with E-state index in [1.54, 1.807) is 7.05 Å². The van der Waals surface area contributed by atoms with Crippen LogP contribution in [0.4, 0.5) is 0 Å². The minimum absolute atomic E-state index is 0.0714. The molecule has 2 fully saturated rings. The summed E-state index contributed by atoms with van der Waals surface area (Å²) in [5.74, 6) is 0.772. The number of carbonyl (C=O) groups is 1. The molecule has 1 amide bonds. The van der Waals surface area contributed by atoms with E-state index in [2.05, 4.69) is 10.00 Å². The summed E-state index contributed by atoms with van der Waals surface area (Å²) in [5, 5.41) is 4.06. The second kappa shape index (κ2) is 7.25. The fourth-order valence-electron chi connectivity index (χ4n) is 3.65. The van der Waals surface area contributed by atoms with Crippen LogP contribution in [-0.4, -0.2) is 58.2 Å². The number of nitrogens with zero attached hydrogens (tertiary/aromatic N) is 4. The number of hydrogen-bond donors (Lipinski definition) is 0. The average Bonchev–Trinajstić information content (AvgIpc) is 2.58. The molecule has 0 unspecified atom stereocenters. The van der Waals surface area contributed by atoms with Gasteiger partial charge in [0.25, 0.3) is 11.5 Å².